The van der Waals surface area contributed by atoms with Gasteiger partial charge in [-0.25, -0.2) is 4.39 Å². The number of aryl methyl sites for hydroxylation is 3. The number of nitrogens with one attached hydrogen (secondary N) is 1. The van der Waals surface area contributed by atoms with Crippen molar-refractivity contribution in [3.63, 3.8) is 0 Å². The van der Waals surface area contributed by atoms with E-state index in [9.17, 15) is 9.18 Å². The Hall–Kier alpha value is -2.36. The maximum Gasteiger partial charge on any atom is 0.227 e. The van der Waals surface area contributed by atoms with Crippen molar-refractivity contribution in [2.45, 2.75) is 27.2 Å². The molecule has 0 saturated heterocycles. The lowest BCUT2D eigenvalue weighted by Crippen LogP contribution is -2.16. The minimum absolute atomic E-state index is 0.0998. The van der Waals surface area contributed by atoms with Crippen molar-refractivity contribution in [3.8, 4) is 5.75 Å². The second-order valence-electron chi connectivity index (χ2n) is 5.37. The van der Waals surface area contributed by atoms with E-state index in [1.165, 1.54) is 17.7 Å². The highest BCUT2D eigenvalue weighted by molar-refractivity contribution is 5.92. The molecule has 0 aliphatic heterocycles. The van der Waals surface area contributed by atoms with Crippen LogP contribution in [0.5, 0.6) is 5.75 Å². The van der Waals surface area contributed by atoms with Crippen molar-refractivity contribution < 1.29 is 13.9 Å². The third kappa shape index (κ3) is 4.32. The van der Waals surface area contributed by atoms with Gasteiger partial charge in [0.25, 0.3) is 0 Å². The van der Waals surface area contributed by atoms with Gasteiger partial charge in [0.1, 0.15) is 11.6 Å². The van der Waals surface area contributed by atoms with E-state index in [1.54, 1.807) is 12.1 Å². The fraction of sp³-hybridized carbons (Fsp3) is 0.278. The monoisotopic (exact) mass is 301 g/mol. The second-order valence-corrected chi connectivity index (χ2v) is 5.37. The summed E-state index contributed by atoms with van der Waals surface area (Å²) in [6.07, 6.45) is 0.240. The Morgan fingerprint density at radius 2 is 1.68 bits per heavy atom. The van der Waals surface area contributed by atoms with E-state index in [2.05, 4.69) is 5.32 Å². The molecule has 0 saturated carbocycles. The molecule has 116 valence electrons. The molecule has 0 unspecified atom stereocenters. The Morgan fingerprint density at radius 1 is 1.09 bits per heavy atom. The molecule has 4 heteroatoms. The largest absolute Gasteiger partial charge is 0.493 e. The summed E-state index contributed by atoms with van der Waals surface area (Å²) >= 11 is 0. The highest BCUT2D eigenvalue weighted by Crippen LogP contribution is 2.22. The number of rotatable bonds is 5. The summed E-state index contributed by atoms with van der Waals surface area (Å²) < 4.78 is 18.2. The van der Waals surface area contributed by atoms with Crippen LogP contribution in [0.4, 0.5) is 10.1 Å². The first-order valence-corrected chi connectivity index (χ1v) is 7.22. The molecule has 2 aromatic carbocycles. The normalized spacial score (nSPS) is 10.4. The molecule has 0 spiro atoms. The summed E-state index contributed by atoms with van der Waals surface area (Å²) in [5, 5.41) is 2.92. The summed E-state index contributed by atoms with van der Waals surface area (Å²) in [5.41, 5.74) is 4.13. The van der Waals surface area contributed by atoms with Crippen LogP contribution in [-0.2, 0) is 4.79 Å². The average Bonchev–Trinajstić information content (AvgIpc) is 2.45. The van der Waals surface area contributed by atoms with Crippen LogP contribution in [0.2, 0.25) is 0 Å². The van der Waals surface area contributed by atoms with Gasteiger partial charge in [-0.1, -0.05) is 17.7 Å². The van der Waals surface area contributed by atoms with Gasteiger partial charge in [0.05, 0.1) is 13.0 Å². The Kier molecular flexibility index (Phi) is 5.15. The van der Waals surface area contributed by atoms with E-state index in [-0.39, 0.29) is 24.8 Å². The Labute approximate surface area is 130 Å². The summed E-state index contributed by atoms with van der Waals surface area (Å²) in [5.74, 6) is 0.143. The molecule has 0 radical (unpaired) electrons. The SMILES string of the molecule is Cc1cc(C)c(NC(=O)CCOc2ccc(F)cc2)c(C)c1. The van der Waals surface area contributed by atoms with Gasteiger partial charge in [-0.05, 0) is 56.2 Å². The van der Waals surface area contributed by atoms with Gasteiger partial charge in [0, 0.05) is 5.69 Å². The average molecular weight is 301 g/mol. The molecule has 22 heavy (non-hydrogen) atoms. The standard InChI is InChI=1S/C18H20FNO2/c1-12-10-13(2)18(14(3)11-12)20-17(21)8-9-22-16-6-4-15(19)5-7-16/h4-7,10-11H,8-9H2,1-3H3,(H,20,21). The van der Waals surface area contributed by atoms with Crippen LogP contribution in [0.15, 0.2) is 36.4 Å². The van der Waals surface area contributed by atoms with Crippen molar-refractivity contribution in [1.82, 2.24) is 0 Å². The second kappa shape index (κ2) is 7.07. The summed E-state index contributed by atoms with van der Waals surface area (Å²) in [4.78, 5) is 12.0. The molecular weight excluding hydrogens is 281 g/mol. The van der Waals surface area contributed by atoms with Crippen molar-refractivity contribution >= 4 is 11.6 Å². The van der Waals surface area contributed by atoms with E-state index < -0.39 is 0 Å². The number of anilines is 1. The van der Waals surface area contributed by atoms with E-state index in [0.29, 0.717) is 5.75 Å². The minimum Gasteiger partial charge on any atom is -0.493 e. The lowest BCUT2D eigenvalue weighted by atomic mass is 10.1. The molecular formula is C18H20FNO2. The summed E-state index contributed by atoms with van der Waals surface area (Å²) in [7, 11) is 0. The highest BCUT2D eigenvalue weighted by atomic mass is 19.1. The zero-order chi connectivity index (χ0) is 16.1. The number of benzene rings is 2. The van der Waals surface area contributed by atoms with Gasteiger partial charge < -0.3 is 10.1 Å². The number of halogens is 1. The van der Waals surface area contributed by atoms with Gasteiger partial charge in [-0.15, -0.1) is 0 Å². The van der Waals surface area contributed by atoms with E-state index in [0.717, 1.165) is 16.8 Å². The molecule has 1 N–H and O–H groups in total. The fourth-order valence-electron chi connectivity index (χ4n) is 2.37. The lowest BCUT2D eigenvalue weighted by Gasteiger charge is -2.13. The van der Waals surface area contributed by atoms with Crippen LogP contribution < -0.4 is 10.1 Å². The smallest absolute Gasteiger partial charge is 0.227 e. The molecule has 0 aliphatic rings. The number of hydrogen-bond acceptors (Lipinski definition) is 2. The fourth-order valence-corrected chi connectivity index (χ4v) is 2.37. The predicted octanol–water partition coefficient (Wildman–Crippen LogP) is 4.16. The molecule has 2 aromatic rings. The van der Waals surface area contributed by atoms with Crippen LogP contribution in [-0.4, -0.2) is 12.5 Å². The van der Waals surface area contributed by atoms with Crippen LogP contribution in [0, 0.1) is 26.6 Å². The first-order valence-electron chi connectivity index (χ1n) is 7.22. The number of hydrogen-bond donors (Lipinski definition) is 1. The zero-order valence-electron chi connectivity index (χ0n) is 13.1. The third-order valence-corrected chi connectivity index (χ3v) is 3.35. The van der Waals surface area contributed by atoms with Gasteiger partial charge in [-0.3, -0.25) is 4.79 Å². The van der Waals surface area contributed by atoms with Crippen LogP contribution in [0.1, 0.15) is 23.1 Å². The van der Waals surface area contributed by atoms with E-state index in [1.807, 2.05) is 32.9 Å². The Balaban J connectivity index is 1.87. The third-order valence-electron chi connectivity index (χ3n) is 3.35. The highest BCUT2D eigenvalue weighted by Gasteiger charge is 2.08. The first kappa shape index (κ1) is 16.0. The zero-order valence-corrected chi connectivity index (χ0v) is 13.1. The summed E-state index contributed by atoms with van der Waals surface area (Å²) in [6, 6.07) is 9.82. The van der Waals surface area contributed by atoms with Crippen molar-refractivity contribution in [1.29, 1.82) is 0 Å². The van der Waals surface area contributed by atoms with Gasteiger partial charge in [-0.2, -0.15) is 0 Å². The lowest BCUT2D eigenvalue weighted by molar-refractivity contribution is -0.116. The molecule has 2 rings (SSSR count). The van der Waals surface area contributed by atoms with Crippen molar-refractivity contribution in [2.24, 2.45) is 0 Å². The Morgan fingerprint density at radius 3 is 2.27 bits per heavy atom. The van der Waals surface area contributed by atoms with Gasteiger partial charge in [0.2, 0.25) is 5.91 Å². The number of amides is 1. The number of ether oxygens (including phenoxy) is 1. The summed E-state index contributed by atoms with van der Waals surface area (Å²) in [6.45, 7) is 6.23. The Bertz CT molecular complexity index is 642. The molecule has 0 aromatic heterocycles. The first-order chi connectivity index (χ1) is 10.5. The molecule has 3 nitrogen and oxygen atoms in total. The topological polar surface area (TPSA) is 38.3 Å². The van der Waals surface area contributed by atoms with Crippen molar-refractivity contribution in [3.05, 3.63) is 58.9 Å². The molecule has 0 heterocycles. The molecule has 0 bridgehead atoms. The van der Waals surface area contributed by atoms with Crippen LogP contribution >= 0.6 is 0 Å². The van der Waals surface area contributed by atoms with Gasteiger partial charge in [0.15, 0.2) is 0 Å². The molecule has 0 fully saturated rings. The van der Waals surface area contributed by atoms with Crippen LogP contribution in [0.25, 0.3) is 0 Å². The number of carbonyl (C=O) groups is 1. The predicted molar refractivity (Wildman–Crippen MR) is 85.8 cm³/mol. The quantitative estimate of drug-likeness (QED) is 0.900. The van der Waals surface area contributed by atoms with Gasteiger partial charge >= 0.3 is 0 Å². The van der Waals surface area contributed by atoms with Crippen LogP contribution in [0.3, 0.4) is 0 Å². The van der Waals surface area contributed by atoms with Crippen molar-refractivity contribution in [2.75, 3.05) is 11.9 Å². The van der Waals surface area contributed by atoms with E-state index in [4.69, 9.17) is 4.74 Å². The number of carbonyl (C=O) groups excluding carboxylic acids is 1. The van der Waals surface area contributed by atoms with E-state index >= 15 is 0 Å². The maximum atomic E-state index is 12.8. The molecule has 1 amide bonds. The molecule has 0 aliphatic carbocycles. The molecule has 0 atom stereocenters. The maximum absolute atomic E-state index is 12.8. The minimum atomic E-state index is -0.310.